The van der Waals surface area contributed by atoms with Crippen molar-refractivity contribution < 1.29 is 9.21 Å². The molecule has 2 heterocycles. The summed E-state index contributed by atoms with van der Waals surface area (Å²) in [5.41, 5.74) is 6.99. The molecule has 196 valence electrons. The molecule has 7 heteroatoms. The highest BCUT2D eigenvalue weighted by Gasteiger charge is 2.17. The summed E-state index contributed by atoms with van der Waals surface area (Å²) >= 11 is 7.64. The lowest BCUT2D eigenvalue weighted by Crippen LogP contribution is -2.21. The van der Waals surface area contributed by atoms with Gasteiger partial charge in [0.15, 0.2) is 5.13 Å². The first kappa shape index (κ1) is 25.7. The van der Waals surface area contributed by atoms with Crippen molar-refractivity contribution in [2.24, 2.45) is 4.99 Å². The Kier molecular flexibility index (Phi) is 7.03. The van der Waals surface area contributed by atoms with Gasteiger partial charge in [0.05, 0.1) is 11.4 Å². The molecule has 1 amide bonds. The first-order valence-corrected chi connectivity index (χ1v) is 13.9. The van der Waals surface area contributed by atoms with E-state index in [1.807, 2.05) is 56.3 Å². The Morgan fingerprint density at radius 3 is 2.30 bits per heavy atom. The second kappa shape index (κ2) is 10.9. The van der Waals surface area contributed by atoms with E-state index >= 15 is 0 Å². The molecule has 5 nitrogen and oxygen atoms in total. The van der Waals surface area contributed by atoms with Gasteiger partial charge in [-0.2, -0.15) is 0 Å². The van der Waals surface area contributed by atoms with E-state index in [4.69, 9.17) is 21.0 Å². The van der Waals surface area contributed by atoms with E-state index in [2.05, 4.69) is 46.7 Å². The summed E-state index contributed by atoms with van der Waals surface area (Å²) in [5, 5.41) is 4.71. The number of hydrogen-bond donors (Lipinski definition) is 1. The van der Waals surface area contributed by atoms with Crippen molar-refractivity contribution in [3.05, 3.63) is 130 Å². The van der Waals surface area contributed by atoms with Gasteiger partial charge in [-0.25, -0.2) is 9.98 Å². The fraction of sp³-hybridized carbons (Fsp3) is 0.0606. The fourth-order valence-corrected chi connectivity index (χ4v) is 5.43. The minimum absolute atomic E-state index is 0.209. The lowest BCUT2D eigenvalue weighted by Gasteiger charge is -2.06. The number of thiazole rings is 1. The first-order chi connectivity index (χ1) is 19.4. The number of benzene rings is 4. The molecular weight excluding hydrogens is 538 g/mol. The molecule has 0 aliphatic heterocycles. The molecule has 0 aliphatic rings. The number of halogens is 1. The number of carbonyl (C=O) groups is 1. The van der Waals surface area contributed by atoms with Crippen molar-refractivity contribution in [3.63, 3.8) is 0 Å². The standard InChI is InChI=1S/C33H24ClN3O2S/c1-20-8-15-27(16-9-20)35-32-28(19-25-18-26(34)14-17-29(25)39-32)31(38)37-33-36-30(21(2)40-33)24-12-10-23(11-13-24)22-6-4-3-5-7-22/h3-19H,1-2H3,(H,36,37,38). The maximum Gasteiger partial charge on any atom is 0.262 e. The molecule has 0 fully saturated rings. The first-order valence-electron chi connectivity index (χ1n) is 12.7. The van der Waals surface area contributed by atoms with Gasteiger partial charge in [0.2, 0.25) is 5.55 Å². The second-order valence-corrected chi connectivity index (χ2v) is 11.1. The van der Waals surface area contributed by atoms with Gasteiger partial charge in [-0.15, -0.1) is 11.3 Å². The van der Waals surface area contributed by atoms with Gasteiger partial charge in [-0.3, -0.25) is 10.1 Å². The molecule has 40 heavy (non-hydrogen) atoms. The van der Waals surface area contributed by atoms with Gasteiger partial charge in [-0.05, 0) is 61.4 Å². The normalized spacial score (nSPS) is 11.6. The van der Waals surface area contributed by atoms with Crippen LogP contribution in [0, 0.1) is 13.8 Å². The van der Waals surface area contributed by atoms with Gasteiger partial charge < -0.3 is 4.42 Å². The van der Waals surface area contributed by atoms with Crippen LogP contribution < -0.4 is 10.9 Å². The minimum Gasteiger partial charge on any atom is -0.438 e. The topological polar surface area (TPSA) is 67.5 Å². The van der Waals surface area contributed by atoms with E-state index in [0.29, 0.717) is 26.8 Å². The Balaban J connectivity index is 1.33. The molecule has 0 atom stereocenters. The zero-order chi connectivity index (χ0) is 27.6. The largest absolute Gasteiger partial charge is 0.438 e. The average molecular weight is 562 g/mol. The monoisotopic (exact) mass is 561 g/mol. The highest BCUT2D eigenvalue weighted by atomic mass is 35.5. The summed E-state index contributed by atoms with van der Waals surface area (Å²) < 4.78 is 6.08. The van der Waals surface area contributed by atoms with Crippen LogP contribution in [0.5, 0.6) is 0 Å². The van der Waals surface area contributed by atoms with Crippen LogP contribution in [0.15, 0.2) is 113 Å². The van der Waals surface area contributed by atoms with E-state index in [9.17, 15) is 4.79 Å². The molecule has 0 bridgehead atoms. The number of aryl methyl sites for hydroxylation is 2. The highest BCUT2D eigenvalue weighted by molar-refractivity contribution is 7.16. The van der Waals surface area contributed by atoms with Gasteiger partial charge >= 0.3 is 0 Å². The van der Waals surface area contributed by atoms with Crippen LogP contribution in [-0.2, 0) is 0 Å². The number of rotatable bonds is 5. The van der Waals surface area contributed by atoms with Gasteiger partial charge in [0.25, 0.3) is 5.91 Å². The van der Waals surface area contributed by atoms with Crippen LogP contribution >= 0.6 is 22.9 Å². The summed E-state index contributed by atoms with van der Waals surface area (Å²) in [6.45, 7) is 4.01. The van der Waals surface area contributed by atoms with Gasteiger partial charge in [0, 0.05) is 20.8 Å². The summed E-state index contributed by atoms with van der Waals surface area (Å²) in [6, 6.07) is 33.2. The zero-order valence-electron chi connectivity index (χ0n) is 21.8. The van der Waals surface area contributed by atoms with Crippen molar-refractivity contribution in [2.45, 2.75) is 13.8 Å². The van der Waals surface area contributed by atoms with E-state index < -0.39 is 0 Å². The Morgan fingerprint density at radius 1 is 0.850 bits per heavy atom. The lowest BCUT2D eigenvalue weighted by atomic mass is 10.0. The Morgan fingerprint density at radius 2 is 1.55 bits per heavy atom. The summed E-state index contributed by atoms with van der Waals surface area (Å²) in [4.78, 5) is 24.0. The van der Waals surface area contributed by atoms with Gasteiger partial charge in [-0.1, -0.05) is 83.9 Å². The van der Waals surface area contributed by atoms with Gasteiger partial charge in [0.1, 0.15) is 11.1 Å². The smallest absolute Gasteiger partial charge is 0.262 e. The average Bonchev–Trinajstić information content (AvgIpc) is 3.34. The van der Waals surface area contributed by atoms with Crippen molar-refractivity contribution in [3.8, 4) is 22.4 Å². The fourth-order valence-electron chi connectivity index (χ4n) is 4.42. The molecule has 0 radical (unpaired) electrons. The zero-order valence-corrected chi connectivity index (χ0v) is 23.4. The quantitative estimate of drug-likeness (QED) is 0.228. The molecule has 0 spiro atoms. The maximum absolute atomic E-state index is 13.6. The van der Waals surface area contributed by atoms with Crippen LogP contribution in [0.1, 0.15) is 20.8 Å². The Bertz CT molecular complexity index is 1910. The van der Waals surface area contributed by atoms with Crippen LogP contribution in [-0.4, -0.2) is 10.9 Å². The highest BCUT2D eigenvalue weighted by Crippen LogP contribution is 2.32. The van der Waals surface area contributed by atoms with Crippen LogP contribution in [0.2, 0.25) is 5.02 Å². The molecule has 0 unspecified atom stereocenters. The molecule has 0 saturated carbocycles. The molecule has 6 aromatic rings. The minimum atomic E-state index is -0.365. The summed E-state index contributed by atoms with van der Waals surface area (Å²) in [6.07, 6.45) is 0. The van der Waals surface area contributed by atoms with Crippen molar-refractivity contribution in [1.82, 2.24) is 4.98 Å². The third kappa shape index (κ3) is 5.45. The molecule has 0 saturated heterocycles. The number of anilines is 1. The van der Waals surface area contributed by atoms with E-state index in [1.54, 1.807) is 24.3 Å². The molecule has 2 aromatic heterocycles. The van der Waals surface area contributed by atoms with Crippen LogP contribution in [0.25, 0.3) is 33.4 Å². The van der Waals surface area contributed by atoms with Crippen LogP contribution in [0.3, 0.4) is 0 Å². The maximum atomic E-state index is 13.6. The number of nitrogens with one attached hydrogen (secondary N) is 1. The third-order valence-corrected chi connectivity index (χ3v) is 7.62. The van der Waals surface area contributed by atoms with Crippen LogP contribution in [0.4, 0.5) is 10.8 Å². The molecule has 4 aromatic carbocycles. The predicted octanol–water partition coefficient (Wildman–Crippen LogP) is 8.98. The number of aromatic nitrogens is 1. The molecule has 6 rings (SSSR count). The molecule has 1 N–H and O–H groups in total. The van der Waals surface area contributed by atoms with E-state index in [0.717, 1.165) is 32.8 Å². The Labute approximate surface area is 240 Å². The lowest BCUT2D eigenvalue weighted by molar-refractivity contribution is 0.102. The van der Waals surface area contributed by atoms with E-state index in [1.165, 1.54) is 11.3 Å². The van der Waals surface area contributed by atoms with Crippen molar-refractivity contribution >= 4 is 50.6 Å². The number of amides is 1. The summed E-state index contributed by atoms with van der Waals surface area (Å²) in [7, 11) is 0. The number of hydrogen-bond acceptors (Lipinski definition) is 5. The molecular formula is C33H24ClN3O2S. The SMILES string of the molecule is Cc1ccc(N=c2oc3ccc(Cl)cc3cc2C(=O)Nc2nc(-c3ccc(-c4ccccc4)cc3)c(C)s2)cc1. The number of fused-ring (bicyclic) bond motifs is 1. The number of carbonyl (C=O) groups excluding carboxylic acids is 1. The third-order valence-electron chi connectivity index (χ3n) is 6.50. The molecule has 0 aliphatic carbocycles. The van der Waals surface area contributed by atoms with E-state index in [-0.39, 0.29) is 17.0 Å². The Hall–Kier alpha value is -4.52. The van der Waals surface area contributed by atoms with Crippen molar-refractivity contribution in [2.75, 3.05) is 5.32 Å². The number of nitrogens with zero attached hydrogens (tertiary/aromatic N) is 2. The predicted molar refractivity (Wildman–Crippen MR) is 163 cm³/mol. The summed E-state index contributed by atoms with van der Waals surface area (Å²) in [5.74, 6) is -0.365. The second-order valence-electron chi connectivity index (χ2n) is 9.42. The van der Waals surface area contributed by atoms with Crippen molar-refractivity contribution in [1.29, 1.82) is 0 Å².